The number of halogens is 1. The van der Waals surface area contributed by atoms with E-state index < -0.39 is 0 Å². The lowest BCUT2D eigenvalue weighted by Crippen LogP contribution is -2.11. The van der Waals surface area contributed by atoms with Crippen LogP contribution >= 0.6 is 11.6 Å². The van der Waals surface area contributed by atoms with Gasteiger partial charge in [-0.05, 0) is 48.0 Å². The van der Waals surface area contributed by atoms with Gasteiger partial charge in [0.2, 0.25) is 0 Å². The highest BCUT2D eigenvalue weighted by Gasteiger charge is 2.07. The lowest BCUT2D eigenvalue weighted by Gasteiger charge is -2.08. The first-order valence-electron chi connectivity index (χ1n) is 7.65. The van der Waals surface area contributed by atoms with Crippen molar-refractivity contribution in [2.24, 2.45) is 0 Å². The molecule has 126 valence electrons. The molecule has 0 bridgehead atoms. The van der Waals surface area contributed by atoms with Crippen LogP contribution in [0.25, 0.3) is 0 Å². The van der Waals surface area contributed by atoms with Gasteiger partial charge in [-0.3, -0.25) is 9.59 Å². The number of carbonyl (C=O) groups is 1. The van der Waals surface area contributed by atoms with Crippen molar-refractivity contribution in [2.75, 3.05) is 6.61 Å². The van der Waals surface area contributed by atoms with Crippen LogP contribution in [-0.2, 0) is 6.42 Å². The number of Topliss-reactive ketones (excluding diaryl/α,β-unsaturated/α-hetero) is 1. The molecule has 0 aliphatic heterocycles. The van der Waals surface area contributed by atoms with Crippen LogP contribution in [0.2, 0.25) is 5.02 Å². The summed E-state index contributed by atoms with van der Waals surface area (Å²) in [5.41, 5.74) is 2.03. The predicted molar refractivity (Wildman–Crippen MR) is 95.4 cm³/mol. The SMILES string of the molecule is O=C(COc1cccc(Cc2ccc(=O)[nH]n2)c1)c1ccc(Cl)cc1. The van der Waals surface area contributed by atoms with Crippen LogP contribution in [0, 0.1) is 0 Å². The first-order valence-corrected chi connectivity index (χ1v) is 8.03. The highest BCUT2D eigenvalue weighted by Crippen LogP contribution is 2.16. The molecule has 0 aliphatic rings. The summed E-state index contributed by atoms with van der Waals surface area (Å²) in [4.78, 5) is 23.2. The van der Waals surface area contributed by atoms with E-state index >= 15 is 0 Å². The van der Waals surface area contributed by atoms with Crippen LogP contribution in [0.5, 0.6) is 5.75 Å². The van der Waals surface area contributed by atoms with Gasteiger partial charge in [-0.15, -0.1) is 0 Å². The van der Waals surface area contributed by atoms with Gasteiger partial charge in [0.05, 0.1) is 5.69 Å². The van der Waals surface area contributed by atoms with E-state index in [0.717, 1.165) is 11.3 Å². The molecule has 1 aromatic heterocycles. The van der Waals surface area contributed by atoms with Gasteiger partial charge in [0, 0.05) is 23.1 Å². The molecule has 1 N–H and O–H groups in total. The average Bonchev–Trinajstić information content (AvgIpc) is 2.63. The highest BCUT2D eigenvalue weighted by molar-refractivity contribution is 6.30. The Morgan fingerprint density at radius 1 is 1.08 bits per heavy atom. The van der Waals surface area contributed by atoms with E-state index in [4.69, 9.17) is 16.3 Å². The van der Waals surface area contributed by atoms with E-state index in [1.54, 1.807) is 36.4 Å². The number of aromatic amines is 1. The number of benzene rings is 2. The molecule has 0 atom stereocenters. The Hall–Kier alpha value is -2.92. The predicted octanol–water partition coefficient (Wildman–Crippen LogP) is 3.28. The third kappa shape index (κ3) is 4.78. The van der Waals surface area contributed by atoms with Crippen LogP contribution < -0.4 is 10.3 Å². The van der Waals surface area contributed by atoms with Crippen LogP contribution in [0.4, 0.5) is 0 Å². The zero-order chi connectivity index (χ0) is 17.6. The van der Waals surface area contributed by atoms with Crippen LogP contribution in [-0.4, -0.2) is 22.6 Å². The zero-order valence-electron chi connectivity index (χ0n) is 13.2. The van der Waals surface area contributed by atoms with Crippen molar-refractivity contribution >= 4 is 17.4 Å². The Bertz CT molecular complexity index is 915. The number of nitrogens with zero attached hydrogens (tertiary/aromatic N) is 1. The second-order valence-electron chi connectivity index (χ2n) is 5.46. The summed E-state index contributed by atoms with van der Waals surface area (Å²) in [5.74, 6) is 0.480. The quantitative estimate of drug-likeness (QED) is 0.689. The number of rotatable bonds is 6. The molecule has 0 saturated heterocycles. The van der Waals surface area contributed by atoms with E-state index in [2.05, 4.69) is 10.2 Å². The summed E-state index contributed by atoms with van der Waals surface area (Å²) in [7, 11) is 0. The minimum atomic E-state index is -0.235. The average molecular weight is 355 g/mol. The van der Waals surface area contributed by atoms with E-state index in [0.29, 0.717) is 22.8 Å². The largest absolute Gasteiger partial charge is 0.485 e. The molecule has 6 heteroatoms. The van der Waals surface area contributed by atoms with Crippen LogP contribution in [0.3, 0.4) is 0 Å². The molecular formula is C19H15ClN2O3. The second kappa shape index (κ2) is 7.77. The molecule has 25 heavy (non-hydrogen) atoms. The first-order chi connectivity index (χ1) is 12.1. The molecule has 3 aromatic rings. The van der Waals surface area contributed by atoms with Gasteiger partial charge >= 0.3 is 0 Å². The summed E-state index contributed by atoms with van der Waals surface area (Å²) in [6.07, 6.45) is 0.555. The molecule has 0 amide bonds. The summed E-state index contributed by atoms with van der Waals surface area (Å²) in [5, 5.41) is 6.97. The monoisotopic (exact) mass is 354 g/mol. The van der Waals surface area contributed by atoms with E-state index in [1.165, 1.54) is 6.07 Å². The Morgan fingerprint density at radius 3 is 2.60 bits per heavy atom. The Morgan fingerprint density at radius 2 is 1.88 bits per heavy atom. The van der Waals surface area contributed by atoms with E-state index in [1.807, 2.05) is 18.2 Å². The smallest absolute Gasteiger partial charge is 0.264 e. The standard InChI is InChI=1S/C19H15ClN2O3/c20-15-6-4-14(5-7-15)18(23)12-25-17-3-1-2-13(11-17)10-16-8-9-19(24)22-21-16/h1-9,11H,10,12H2,(H,22,24). The third-order valence-corrected chi connectivity index (χ3v) is 3.81. The lowest BCUT2D eigenvalue weighted by molar-refractivity contribution is 0.0921. The van der Waals surface area contributed by atoms with Crippen molar-refractivity contribution in [3.63, 3.8) is 0 Å². The third-order valence-electron chi connectivity index (χ3n) is 3.56. The van der Waals surface area contributed by atoms with Crippen molar-refractivity contribution in [1.82, 2.24) is 10.2 Å². The molecule has 3 rings (SSSR count). The van der Waals surface area contributed by atoms with Crippen LogP contribution in [0.1, 0.15) is 21.6 Å². The summed E-state index contributed by atoms with van der Waals surface area (Å²) in [6, 6.07) is 17.2. The van der Waals surface area contributed by atoms with Crippen molar-refractivity contribution in [2.45, 2.75) is 6.42 Å². The zero-order valence-corrected chi connectivity index (χ0v) is 14.0. The van der Waals surface area contributed by atoms with Gasteiger partial charge in [0.1, 0.15) is 5.75 Å². The lowest BCUT2D eigenvalue weighted by atomic mass is 10.1. The molecule has 0 aliphatic carbocycles. The minimum absolute atomic E-state index is 0.0536. The van der Waals surface area contributed by atoms with E-state index in [9.17, 15) is 9.59 Å². The number of nitrogens with one attached hydrogen (secondary N) is 1. The van der Waals surface area contributed by atoms with E-state index in [-0.39, 0.29) is 17.9 Å². The number of ketones is 1. The van der Waals surface area contributed by atoms with Gasteiger partial charge in [-0.25, -0.2) is 5.10 Å². The van der Waals surface area contributed by atoms with Gasteiger partial charge in [0.15, 0.2) is 12.4 Å². The van der Waals surface area contributed by atoms with Crippen molar-refractivity contribution < 1.29 is 9.53 Å². The highest BCUT2D eigenvalue weighted by atomic mass is 35.5. The fraction of sp³-hybridized carbons (Fsp3) is 0.105. The van der Waals surface area contributed by atoms with Crippen molar-refractivity contribution in [3.05, 3.63) is 92.9 Å². The normalized spacial score (nSPS) is 10.4. The van der Waals surface area contributed by atoms with Crippen LogP contribution in [0.15, 0.2) is 65.5 Å². The first kappa shape index (κ1) is 16.9. The van der Waals surface area contributed by atoms with Gasteiger partial charge in [0.25, 0.3) is 5.56 Å². The Labute approximate surface area is 149 Å². The fourth-order valence-electron chi connectivity index (χ4n) is 2.29. The van der Waals surface area contributed by atoms with Crippen molar-refractivity contribution in [3.8, 4) is 5.75 Å². The number of hydrogen-bond acceptors (Lipinski definition) is 4. The van der Waals surface area contributed by atoms with Gasteiger partial charge in [-0.2, -0.15) is 5.10 Å². The maximum atomic E-state index is 12.1. The molecule has 5 nitrogen and oxygen atoms in total. The molecular weight excluding hydrogens is 340 g/mol. The molecule has 0 unspecified atom stereocenters. The summed E-state index contributed by atoms with van der Waals surface area (Å²) >= 11 is 5.81. The maximum absolute atomic E-state index is 12.1. The summed E-state index contributed by atoms with van der Waals surface area (Å²) < 4.78 is 5.59. The topological polar surface area (TPSA) is 72.1 Å². The number of ether oxygens (including phenoxy) is 1. The molecule has 2 aromatic carbocycles. The molecule has 0 fully saturated rings. The molecule has 0 saturated carbocycles. The molecule has 1 heterocycles. The Kier molecular flexibility index (Phi) is 5.26. The maximum Gasteiger partial charge on any atom is 0.264 e. The number of H-pyrrole nitrogens is 1. The molecule has 0 radical (unpaired) electrons. The molecule has 0 spiro atoms. The fourth-order valence-corrected chi connectivity index (χ4v) is 2.42. The van der Waals surface area contributed by atoms with Gasteiger partial charge < -0.3 is 4.74 Å². The summed E-state index contributed by atoms with van der Waals surface area (Å²) in [6.45, 7) is -0.0536. The number of carbonyl (C=O) groups excluding carboxylic acids is 1. The minimum Gasteiger partial charge on any atom is -0.485 e. The number of hydrogen-bond donors (Lipinski definition) is 1. The van der Waals surface area contributed by atoms with Gasteiger partial charge in [-0.1, -0.05) is 23.7 Å². The second-order valence-corrected chi connectivity index (χ2v) is 5.89. The Balaban J connectivity index is 1.63. The van der Waals surface area contributed by atoms with Crippen molar-refractivity contribution in [1.29, 1.82) is 0 Å². The number of aromatic nitrogens is 2.